The van der Waals surface area contributed by atoms with E-state index in [4.69, 9.17) is 10.5 Å². The molecule has 0 saturated carbocycles. The summed E-state index contributed by atoms with van der Waals surface area (Å²) in [6.45, 7) is 1.87. The molecule has 0 amide bonds. The molecule has 17 heavy (non-hydrogen) atoms. The zero-order chi connectivity index (χ0) is 12.5. The van der Waals surface area contributed by atoms with Gasteiger partial charge in [-0.25, -0.2) is 8.78 Å². The van der Waals surface area contributed by atoms with E-state index in [1.807, 2.05) is 24.3 Å². The number of ether oxygens (including phenoxy) is 1. The van der Waals surface area contributed by atoms with Crippen LogP contribution in [0.5, 0.6) is 5.75 Å². The van der Waals surface area contributed by atoms with Gasteiger partial charge in [0.05, 0.1) is 12.1 Å². The summed E-state index contributed by atoms with van der Waals surface area (Å²) in [4.78, 5) is 0. The number of benzene rings is 1. The van der Waals surface area contributed by atoms with Crippen molar-refractivity contribution in [1.29, 1.82) is 0 Å². The van der Waals surface area contributed by atoms with Crippen LogP contribution in [0.15, 0.2) is 24.3 Å². The fourth-order valence-electron chi connectivity index (χ4n) is 2.23. The number of alkyl halides is 2. The van der Waals surface area contributed by atoms with Crippen LogP contribution in [0.3, 0.4) is 0 Å². The molecule has 1 heterocycles. The summed E-state index contributed by atoms with van der Waals surface area (Å²) in [6.07, 6.45) is -1.46. The van der Waals surface area contributed by atoms with Gasteiger partial charge >= 0.3 is 0 Å². The van der Waals surface area contributed by atoms with Crippen LogP contribution < -0.4 is 10.5 Å². The number of hydrogen-bond acceptors (Lipinski definition) is 2. The summed E-state index contributed by atoms with van der Waals surface area (Å²) >= 11 is 0. The van der Waals surface area contributed by atoms with Crippen molar-refractivity contribution >= 4 is 0 Å². The molecule has 2 rings (SSSR count). The fourth-order valence-corrected chi connectivity index (χ4v) is 2.23. The van der Waals surface area contributed by atoms with Gasteiger partial charge < -0.3 is 10.5 Å². The Morgan fingerprint density at radius 2 is 2.18 bits per heavy atom. The van der Waals surface area contributed by atoms with Crippen LogP contribution in [0.2, 0.25) is 0 Å². The van der Waals surface area contributed by atoms with Crippen LogP contribution in [-0.4, -0.2) is 18.6 Å². The van der Waals surface area contributed by atoms with Crippen molar-refractivity contribution < 1.29 is 13.5 Å². The molecule has 0 fully saturated rings. The Hall–Kier alpha value is -1.16. The number of hydrogen-bond donors (Lipinski definition) is 1. The van der Waals surface area contributed by atoms with Crippen molar-refractivity contribution in [2.75, 3.05) is 6.61 Å². The van der Waals surface area contributed by atoms with Gasteiger partial charge in [-0.3, -0.25) is 0 Å². The van der Waals surface area contributed by atoms with E-state index in [1.54, 1.807) is 0 Å². The van der Waals surface area contributed by atoms with Gasteiger partial charge in [-0.05, 0) is 37.3 Å². The SMILES string of the molecule is CC(N)(CC1COc2ccccc2C1)C(F)F. The molecule has 0 radical (unpaired) electrons. The van der Waals surface area contributed by atoms with Crippen LogP contribution in [0.25, 0.3) is 0 Å². The molecule has 0 aromatic heterocycles. The number of fused-ring (bicyclic) bond motifs is 1. The zero-order valence-electron chi connectivity index (χ0n) is 9.83. The van der Waals surface area contributed by atoms with E-state index in [0.29, 0.717) is 6.61 Å². The van der Waals surface area contributed by atoms with E-state index in [0.717, 1.165) is 17.7 Å². The smallest absolute Gasteiger partial charge is 0.256 e. The summed E-state index contributed by atoms with van der Waals surface area (Å²) in [6, 6.07) is 7.71. The van der Waals surface area contributed by atoms with E-state index >= 15 is 0 Å². The van der Waals surface area contributed by atoms with E-state index in [2.05, 4.69) is 0 Å². The first-order valence-electron chi connectivity index (χ1n) is 5.77. The Balaban J connectivity index is 2.03. The van der Waals surface area contributed by atoms with Gasteiger partial charge in [-0.1, -0.05) is 18.2 Å². The monoisotopic (exact) mass is 241 g/mol. The molecule has 1 aliphatic rings. The molecule has 0 aliphatic carbocycles. The summed E-state index contributed by atoms with van der Waals surface area (Å²) < 4.78 is 31.0. The predicted octanol–water partition coefficient (Wildman–Crippen LogP) is 2.61. The first-order chi connectivity index (χ1) is 7.99. The molecule has 0 saturated heterocycles. The number of halogens is 2. The second-order valence-corrected chi connectivity index (χ2v) is 5.00. The average molecular weight is 241 g/mol. The van der Waals surface area contributed by atoms with Crippen molar-refractivity contribution in [1.82, 2.24) is 0 Å². The van der Waals surface area contributed by atoms with Crippen LogP contribution in [0.1, 0.15) is 18.9 Å². The lowest BCUT2D eigenvalue weighted by Crippen LogP contribution is -2.46. The third kappa shape index (κ3) is 2.75. The van der Waals surface area contributed by atoms with Crippen molar-refractivity contribution in [3.8, 4) is 5.75 Å². The first-order valence-corrected chi connectivity index (χ1v) is 5.77. The number of rotatable bonds is 3. The molecule has 1 aromatic rings. The topological polar surface area (TPSA) is 35.2 Å². The van der Waals surface area contributed by atoms with E-state index in [9.17, 15) is 8.78 Å². The van der Waals surface area contributed by atoms with Crippen LogP contribution in [-0.2, 0) is 6.42 Å². The van der Waals surface area contributed by atoms with E-state index in [1.165, 1.54) is 6.92 Å². The van der Waals surface area contributed by atoms with Crippen LogP contribution >= 0.6 is 0 Å². The maximum atomic E-state index is 12.7. The molecule has 4 heteroatoms. The normalized spacial score (nSPS) is 22.8. The molecule has 0 spiro atoms. The highest BCUT2D eigenvalue weighted by Crippen LogP contribution is 2.31. The summed E-state index contributed by atoms with van der Waals surface area (Å²) in [5, 5.41) is 0. The van der Waals surface area contributed by atoms with Gasteiger partial charge in [-0.15, -0.1) is 0 Å². The number of para-hydroxylation sites is 1. The summed E-state index contributed by atoms with van der Waals surface area (Å²) in [5.41, 5.74) is 5.25. The Morgan fingerprint density at radius 3 is 2.88 bits per heavy atom. The Labute approximate surface area is 99.8 Å². The highest BCUT2D eigenvalue weighted by atomic mass is 19.3. The maximum absolute atomic E-state index is 12.7. The van der Waals surface area contributed by atoms with Gasteiger partial charge in [-0.2, -0.15) is 0 Å². The molecule has 2 N–H and O–H groups in total. The summed E-state index contributed by atoms with van der Waals surface area (Å²) in [5.74, 6) is 0.924. The van der Waals surface area contributed by atoms with Gasteiger partial charge in [0.15, 0.2) is 0 Å². The fraction of sp³-hybridized carbons (Fsp3) is 0.538. The maximum Gasteiger partial charge on any atom is 0.256 e. The van der Waals surface area contributed by atoms with Crippen LogP contribution in [0.4, 0.5) is 8.78 Å². The molecule has 0 bridgehead atoms. The number of nitrogens with two attached hydrogens (primary N) is 1. The lowest BCUT2D eigenvalue weighted by atomic mass is 9.85. The zero-order valence-corrected chi connectivity index (χ0v) is 9.83. The summed E-state index contributed by atoms with van der Waals surface area (Å²) in [7, 11) is 0. The molecule has 2 atom stereocenters. The Kier molecular flexibility index (Phi) is 3.33. The van der Waals surface area contributed by atoms with Crippen molar-refractivity contribution in [3.05, 3.63) is 29.8 Å². The largest absolute Gasteiger partial charge is 0.493 e. The average Bonchev–Trinajstić information content (AvgIpc) is 2.28. The third-order valence-electron chi connectivity index (χ3n) is 3.18. The molecular weight excluding hydrogens is 224 g/mol. The van der Waals surface area contributed by atoms with Gasteiger partial charge in [0.25, 0.3) is 6.43 Å². The van der Waals surface area contributed by atoms with E-state index < -0.39 is 12.0 Å². The minimum absolute atomic E-state index is 0.0638. The van der Waals surface area contributed by atoms with Crippen molar-refractivity contribution in [2.24, 2.45) is 11.7 Å². The minimum Gasteiger partial charge on any atom is -0.493 e. The van der Waals surface area contributed by atoms with E-state index in [-0.39, 0.29) is 12.3 Å². The standard InChI is InChI=1S/C13H17F2NO/c1-13(16,12(14)15)7-9-6-10-4-2-3-5-11(10)17-8-9/h2-5,9,12H,6-8,16H2,1H3. The molecule has 2 nitrogen and oxygen atoms in total. The van der Waals surface area contributed by atoms with Crippen molar-refractivity contribution in [2.45, 2.75) is 31.7 Å². The van der Waals surface area contributed by atoms with Crippen molar-refractivity contribution in [3.63, 3.8) is 0 Å². The predicted molar refractivity (Wildman–Crippen MR) is 62.3 cm³/mol. The molecule has 2 unspecified atom stereocenters. The lowest BCUT2D eigenvalue weighted by molar-refractivity contribution is 0.0414. The first kappa shape index (κ1) is 12.3. The Morgan fingerprint density at radius 1 is 1.47 bits per heavy atom. The van der Waals surface area contributed by atoms with Gasteiger partial charge in [0, 0.05) is 0 Å². The molecular formula is C13H17F2NO. The third-order valence-corrected chi connectivity index (χ3v) is 3.18. The quantitative estimate of drug-likeness (QED) is 0.882. The Bertz CT molecular complexity index is 393. The van der Waals surface area contributed by atoms with Gasteiger partial charge in [0.2, 0.25) is 0 Å². The van der Waals surface area contributed by atoms with Gasteiger partial charge in [0.1, 0.15) is 5.75 Å². The second-order valence-electron chi connectivity index (χ2n) is 5.00. The molecule has 1 aromatic carbocycles. The molecule has 1 aliphatic heterocycles. The lowest BCUT2D eigenvalue weighted by Gasteiger charge is -2.32. The van der Waals surface area contributed by atoms with Crippen LogP contribution in [0, 0.1) is 5.92 Å². The highest BCUT2D eigenvalue weighted by molar-refractivity contribution is 5.35. The second kappa shape index (κ2) is 4.61. The highest BCUT2D eigenvalue weighted by Gasteiger charge is 2.34. The molecule has 94 valence electrons. The minimum atomic E-state index is -2.50.